The van der Waals surface area contributed by atoms with Crippen LogP contribution < -0.4 is 18.9 Å². The van der Waals surface area contributed by atoms with E-state index >= 15 is 0 Å². The summed E-state index contributed by atoms with van der Waals surface area (Å²) in [5.41, 5.74) is 4.21. The number of hydrogen-bond donors (Lipinski definition) is 0. The van der Waals surface area contributed by atoms with E-state index in [4.69, 9.17) is 30.1 Å². The van der Waals surface area contributed by atoms with E-state index in [9.17, 15) is 4.79 Å². The third kappa shape index (κ3) is 8.85. The van der Waals surface area contributed by atoms with Gasteiger partial charge in [-0.25, -0.2) is 4.79 Å². The topological polar surface area (TPSA) is 63.2 Å². The fourth-order valence-electron chi connectivity index (χ4n) is 5.36. The zero-order valence-electron chi connectivity index (χ0n) is 26.8. The maximum absolute atomic E-state index is 12.4. The molecule has 1 saturated carbocycles. The first kappa shape index (κ1) is 32.5. The highest BCUT2D eigenvalue weighted by Gasteiger charge is 2.22. The number of hydrogen-bond acceptors (Lipinski definition) is 6. The lowest BCUT2D eigenvalue weighted by Crippen LogP contribution is -2.08. The van der Waals surface area contributed by atoms with Crippen LogP contribution in [0.5, 0.6) is 28.7 Å². The van der Waals surface area contributed by atoms with Crippen LogP contribution in [0.15, 0.2) is 84.9 Å². The number of ether oxygens (including phenoxy) is 5. The Morgan fingerprint density at radius 1 is 0.804 bits per heavy atom. The van der Waals surface area contributed by atoms with Gasteiger partial charge in [0, 0.05) is 18.1 Å². The van der Waals surface area contributed by atoms with E-state index in [1.165, 1.54) is 26.4 Å². The van der Waals surface area contributed by atoms with Crippen LogP contribution in [0.1, 0.15) is 71.6 Å². The molecular formula is C40H42O6. The first-order chi connectivity index (χ1) is 22.6. The third-order valence-corrected chi connectivity index (χ3v) is 8.08. The number of methoxy groups -OCH3 is 1. The number of rotatable bonds is 17. The van der Waals surface area contributed by atoms with Gasteiger partial charge < -0.3 is 23.7 Å². The summed E-state index contributed by atoms with van der Waals surface area (Å²) in [5.74, 6) is 6.48. The molecule has 4 aromatic rings. The zero-order chi connectivity index (χ0) is 32.1. The van der Waals surface area contributed by atoms with Crippen molar-refractivity contribution in [3.8, 4) is 41.1 Å². The number of para-hydroxylation sites is 1. The Morgan fingerprint density at radius 3 is 2.26 bits per heavy atom. The van der Waals surface area contributed by atoms with Gasteiger partial charge in [0.2, 0.25) is 0 Å². The Kier molecular flexibility index (Phi) is 11.6. The molecule has 1 aliphatic carbocycles. The maximum atomic E-state index is 12.4. The minimum Gasteiger partial charge on any atom is -0.493 e. The van der Waals surface area contributed by atoms with Crippen LogP contribution in [0.25, 0.3) is 0 Å². The van der Waals surface area contributed by atoms with Gasteiger partial charge in [-0.3, -0.25) is 0 Å². The molecule has 0 heterocycles. The minimum atomic E-state index is -0.437. The summed E-state index contributed by atoms with van der Waals surface area (Å²) in [6.45, 7) is 3.45. The summed E-state index contributed by atoms with van der Waals surface area (Å²) in [6, 6.07) is 26.8. The summed E-state index contributed by atoms with van der Waals surface area (Å²) in [5, 5.41) is 0. The number of terminal acetylenes is 1. The van der Waals surface area contributed by atoms with Gasteiger partial charge in [-0.2, -0.15) is 0 Å². The van der Waals surface area contributed by atoms with Crippen LogP contribution in [0, 0.1) is 18.3 Å². The second-order valence-corrected chi connectivity index (χ2v) is 11.4. The fourth-order valence-corrected chi connectivity index (χ4v) is 5.36. The van der Waals surface area contributed by atoms with Crippen molar-refractivity contribution in [1.82, 2.24) is 0 Å². The van der Waals surface area contributed by atoms with Crippen molar-refractivity contribution < 1.29 is 28.5 Å². The van der Waals surface area contributed by atoms with Crippen molar-refractivity contribution >= 4 is 5.97 Å². The van der Waals surface area contributed by atoms with Crippen molar-refractivity contribution in [2.45, 2.75) is 58.5 Å². The minimum absolute atomic E-state index is 0.382. The number of esters is 1. The Labute approximate surface area is 272 Å². The van der Waals surface area contributed by atoms with Gasteiger partial charge in [-0.15, -0.1) is 6.42 Å². The van der Waals surface area contributed by atoms with E-state index in [2.05, 4.69) is 12.8 Å². The molecule has 0 spiro atoms. The van der Waals surface area contributed by atoms with Gasteiger partial charge in [0.15, 0.2) is 0 Å². The molecule has 0 aromatic heterocycles. The lowest BCUT2D eigenvalue weighted by molar-refractivity contribution is 0.0598. The molecule has 46 heavy (non-hydrogen) atoms. The van der Waals surface area contributed by atoms with Crippen LogP contribution >= 0.6 is 0 Å². The van der Waals surface area contributed by atoms with Crippen molar-refractivity contribution in [3.05, 3.63) is 113 Å². The number of aryl methyl sites for hydroxylation is 1. The van der Waals surface area contributed by atoms with Crippen molar-refractivity contribution in [3.63, 3.8) is 0 Å². The Hall–Kier alpha value is -4.89. The SMILES string of the molecule is C#Cc1cc(CC)c(OCCCOc2cccc(Oc3ccccc3C(=O)OC)c2CCCC2CC2)cc1OCc1ccccc1. The van der Waals surface area contributed by atoms with Crippen LogP contribution in [-0.2, 0) is 24.2 Å². The van der Waals surface area contributed by atoms with Gasteiger partial charge in [0.1, 0.15) is 40.9 Å². The fraction of sp³-hybridized carbons (Fsp3) is 0.325. The van der Waals surface area contributed by atoms with Crippen LogP contribution in [0.4, 0.5) is 0 Å². The van der Waals surface area contributed by atoms with E-state index in [0.717, 1.165) is 53.4 Å². The normalized spacial score (nSPS) is 12.2. The third-order valence-electron chi connectivity index (χ3n) is 8.08. The van der Waals surface area contributed by atoms with Gasteiger partial charge >= 0.3 is 5.97 Å². The lowest BCUT2D eigenvalue weighted by Gasteiger charge is -2.18. The average molecular weight is 619 g/mol. The number of carbonyl (C=O) groups excluding carboxylic acids is 1. The predicted molar refractivity (Wildman–Crippen MR) is 180 cm³/mol. The second-order valence-electron chi connectivity index (χ2n) is 11.4. The molecule has 0 aliphatic heterocycles. The number of benzene rings is 4. The molecule has 0 bridgehead atoms. The highest BCUT2D eigenvalue weighted by Crippen LogP contribution is 2.38. The van der Waals surface area contributed by atoms with Gasteiger partial charge in [0.05, 0.1) is 25.9 Å². The van der Waals surface area contributed by atoms with Crippen LogP contribution in [-0.4, -0.2) is 26.3 Å². The predicted octanol–water partition coefficient (Wildman–Crippen LogP) is 8.97. The van der Waals surface area contributed by atoms with E-state index in [0.29, 0.717) is 54.6 Å². The lowest BCUT2D eigenvalue weighted by atomic mass is 10.0. The van der Waals surface area contributed by atoms with Crippen LogP contribution in [0.2, 0.25) is 0 Å². The van der Waals surface area contributed by atoms with E-state index in [1.54, 1.807) is 18.2 Å². The largest absolute Gasteiger partial charge is 0.493 e. The first-order valence-corrected chi connectivity index (χ1v) is 16.1. The smallest absolute Gasteiger partial charge is 0.341 e. The van der Waals surface area contributed by atoms with Gasteiger partial charge in [-0.1, -0.05) is 80.6 Å². The van der Waals surface area contributed by atoms with E-state index < -0.39 is 5.97 Å². The summed E-state index contributed by atoms with van der Waals surface area (Å²) in [7, 11) is 1.37. The maximum Gasteiger partial charge on any atom is 0.341 e. The summed E-state index contributed by atoms with van der Waals surface area (Å²) in [6.07, 6.45) is 13.0. The van der Waals surface area contributed by atoms with Gasteiger partial charge in [-0.05, 0) is 66.6 Å². The molecule has 0 amide bonds. The molecule has 0 atom stereocenters. The molecule has 0 unspecified atom stereocenters. The zero-order valence-corrected chi connectivity index (χ0v) is 26.8. The van der Waals surface area contributed by atoms with Gasteiger partial charge in [0.25, 0.3) is 0 Å². The quantitative estimate of drug-likeness (QED) is 0.0669. The number of carbonyl (C=O) groups is 1. The molecule has 5 rings (SSSR count). The molecule has 6 heteroatoms. The molecule has 1 fully saturated rings. The van der Waals surface area contributed by atoms with E-state index in [-0.39, 0.29) is 0 Å². The molecule has 238 valence electrons. The highest BCUT2D eigenvalue weighted by molar-refractivity contribution is 5.92. The monoisotopic (exact) mass is 618 g/mol. The first-order valence-electron chi connectivity index (χ1n) is 16.1. The molecule has 4 aromatic carbocycles. The Morgan fingerprint density at radius 2 is 1.52 bits per heavy atom. The molecule has 0 N–H and O–H groups in total. The van der Waals surface area contributed by atoms with Crippen molar-refractivity contribution in [2.24, 2.45) is 5.92 Å². The van der Waals surface area contributed by atoms with Crippen molar-refractivity contribution in [1.29, 1.82) is 0 Å². The summed E-state index contributed by atoms with van der Waals surface area (Å²) >= 11 is 0. The summed E-state index contributed by atoms with van der Waals surface area (Å²) in [4.78, 5) is 12.4. The molecular weight excluding hydrogens is 576 g/mol. The summed E-state index contributed by atoms with van der Waals surface area (Å²) < 4.78 is 30.0. The standard InChI is InChI=1S/C40H42O6/c1-4-31-26-32(5-2)39(45-28-30-14-7-6-8-15-30)27-38(31)44-25-13-24-43-35-20-12-21-36(33(35)18-11-16-29-22-23-29)46-37-19-10-9-17-34(37)40(41)42-3/h2,6-10,12,14-15,17,19-21,26-27,29H,4,11,13,16,18,22-25,28H2,1,3H3. The van der Waals surface area contributed by atoms with E-state index in [1.807, 2.05) is 66.7 Å². The molecule has 0 radical (unpaired) electrons. The molecule has 6 nitrogen and oxygen atoms in total. The average Bonchev–Trinajstić information content (AvgIpc) is 3.93. The Balaban J connectivity index is 1.23. The molecule has 1 aliphatic rings. The highest BCUT2D eigenvalue weighted by atomic mass is 16.5. The van der Waals surface area contributed by atoms with Crippen molar-refractivity contribution in [2.75, 3.05) is 20.3 Å². The second kappa shape index (κ2) is 16.4. The Bertz CT molecular complexity index is 1630. The van der Waals surface area contributed by atoms with Crippen LogP contribution in [0.3, 0.4) is 0 Å². The molecule has 0 saturated heterocycles.